The van der Waals surface area contributed by atoms with Crippen LogP contribution in [0.25, 0.3) is 0 Å². The largest absolute Gasteiger partial charge is 0.327 e. The first-order chi connectivity index (χ1) is 6.66. The normalized spacial score (nSPS) is 21.3. The quantitative estimate of drug-likeness (QED) is 0.796. The van der Waals surface area contributed by atoms with Crippen LogP contribution < -0.4 is 5.73 Å². The van der Waals surface area contributed by atoms with Crippen molar-refractivity contribution in [3.05, 3.63) is 21.4 Å². The summed E-state index contributed by atoms with van der Waals surface area (Å²) < 4.78 is 0. The summed E-state index contributed by atoms with van der Waals surface area (Å²) in [4.78, 5) is 1.56. The molecule has 1 unspecified atom stereocenters. The lowest BCUT2D eigenvalue weighted by molar-refractivity contribution is 0.574. The van der Waals surface area contributed by atoms with Gasteiger partial charge in [0.2, 0.25) is 0 Å². The van der Waals surface area contributed by atoms with E-state index in [2.05, 4.69) is 19.2 Å². The van der Waals surface area contributed by atoms with Crippen molar-refractivity contribution < 1.29 is 0 Å². The molecule has 1 aromatic heterocycles. The fraction of sp³-hybridized carbons (Fsp3) is 0.667. The Bertz CT molecular complexity index is 314. The Kier molecular flexibility index (Phi) is 2.93. The van der Waals surface area contributed by atoms with Crippen molar-refractivity contribution in [3.63, 3.8) is 0 Å². The number of hydrogen-bond donors (Lipinski definition) is 1. The van der Waals surface area contributed by atoms with Crippen LogP contribution in [0.5, 0.6) is 0 Å². The summed E-state index contributed by atoms with van der Waals surface area (Å²) in [7, 11) is 0. The van der Waals surface area contributed by atoms with Crippen LogP contribution >= 0.6 is 11.3 Å². The lowest BCUT2D eigenvalue weighted by Gasteiger charge is -2.19. The monoisotopic (exact) mass is 209 g/mol. The average Bonchev–Trinajstić information content (AvgIpc) is 2.47. The van der Waals surface area contributed by atoms with E-state index < -0.39 is 0 Å². The zero-order valence-electron chi connectivity index (χ0n) is 9.05. The summed E-state index contributed by atoms with van der Waals surface area (Å²) in [6.07, 6.45) is 4.73. The van der Waals surface area contributed by atoms with Gasteiger partial charge in [0, 0.05) is 10.9 Å². The Morgan fingerprint density at radius 3 is 3.07 bits per heavy atom. The summed E-state index contributed by atoms with van der Waals surface area (Å²) in [5, 5.41) is 2.35. The van der Waals surface area contributed by atoms with Crippen molar-refractivity contribution in [2.75, 3.05) is 0 Å². The van der Waals surface area contributed by atoms with Gasteiger partial charge in [0.15, 0.2) is 0 Å². The van der Waals surface area contributed by atoms with Crippen molar-refractivity contribution in [2.45, 2.75) is 45.6 Å². The second-order valence-electron chi connectivity index (χ2n) is 4.76. The lowest BCUT2D eigenvalue weighted by atomic mass is 9.90. The van der Waals surface area contributed by atoms with Gasteiger partial charge in [-0.2, -0.15) is 0 Å². The highest BCUT2D eigenvalue weighted by Crippen LogP contribution is 2.31. The number of thiophene rings is 1. The van der Waals surface area contributed by atoms with Gasteiger partial charge >= 0.3 is 0 Å². The molecule has 2 heteroatoms. The van der Waals surface area contributed by atoms with E-state index in [-0.39, 0.29) is 0 Å². The summed E-state index contributed by atoms with van der Waals surface area (Å²) >= 11 is 1.92. The van der Waals surface area contributed by atoms with Crippen LogP contribution in [0, 0.1) is 5.92 Å². The van der Waals surface area contributed by atoms with Crippen LogP contribution in [0.1, 0.15) is 36.3 Å². The first kappa shape index (κ1) is 10.2. The molecule has 0 radical (unpaired) electrons. The molecule has 0 spiro atoms. The second kappa shape index (κ2) is 4.03. The maximum absolute atomic E-state index is 5.97. The zero-order valence-corrected chi connectivity index (χ0v) is 9.86. The third-order valence-corrected chi connectivity index (χ3v) is 4.01. The molecule has 0 saturated heterocycles. The number of fused-ring (bicyclic) bond motifs is 1. The molecule has 14 heavy (non-hydrogen) atoms. The van der Waals surface area contributed by atoms with Crippen LogP contribution in [-0.4, -0.2) is 6.04 Å². The van der Waals surface area contributed by atoms with Crippen molar-refractivity contribution >= 4 is 11.3 Å². The molecule has 1 aliphatic carbocycles. The Labute approximate surface area is 90.3 Å². The molecule has 0 aromatic carbocycles. The van der Waals surface area contributed by atoms with E-state index in [0.29, 0.717) is 6.04 Å². The van der Waals surface area contributed by atoms with E-state index >= 15 is 0 Å². The van der Waals surface area contributed by atoms with Gasteiger partial charge in [-0.1, -0.05) is 13.8 Å². The summed E-state index contributed by atoms with van der Waals surface area (Å²) in [6, 6.07) is 0.410. The summed E-state index contributed by atoms with van der Waals surface area (Å²) in [5.74, 6) is 0.768. The van der Waals surface area contributed by atoms with Crippen molar-refractivity contribution in [1.29, 1.82) is 0 Å². The molecular weight excluding hydrogens is 190 g/mol. The first-order valence-electron chi connectivity index (χ1n) is 5.50. The minimum absolute atomic E-state index is 0.410. The van der Waals surface area contributed by atoms with Gasteiger partial charge in [-0.3, -0.25) is 0 Å². The molecule has 1 aliphatic rings. The van der Waals surface area contributed by atoms with Gasteiger partial charge in [0.05, 0.1) is 0 Å². The standard InChI is InChI=1S/C12H19NS/c1-8(2)5-9-7-14-12-6-10(13)3-4-11(9)12/h7-8,10H,3-6,13H2,1-2H3. The van der Waals surface area contributed by atoms with Crippen LogP contribution in [0.4, 0.5) is 0 Å². The second-order valence-corrected chi connectivity index (χ2v) is 5.73. The highest BCUT2D eigenvalue weighted by molar-refractivity contribution is 7.10. The zero-order chi connectivity index (χ0) is 10.1. The number of hydrogen-bond acceptors (Lipinski definition) is 2. The van der Waals surface area contributed by atoms with E-state index in [1.54, 1.807) is 16.0 Å². The van der Waals surface area contributed by atoms with E-state index in [0.717, 1.165) is 12.3 Å². The molecule has 1 nitrogen and oxygen atoms in total. The van der Waals surface area contributed by atoms with Gasteiger partial charge in [-0.15, -0.1) is 11.3 Å². The van der Waals surface area contributed by atoms with Gasteiger partial charge in [-0.05, 0) is 48.1 Å². The SMILES string of the molecule is CC(C)Cc1csc2c1CCC(N)C2. The van der Waals surface area contributed by atoms with Crippen LogP contribution in [0.3, 0.4) is 0 Å². The third kappa shape index (κ3) is 2.01. The molecule has 0 saturated carbocycles. The lowest BCUT2D eigenvalue weighted by Crippen LogP contribution is -2.27. The number of rotatable bonds is 2. The van der Waals surface area contributed by atoms with Crippen molar-refractivity contribution in [3.8, 4) is 0 Å². The Morgan fingerprint density at radius 1 is 1.57 bits per heavy atom. The smallest absolute Gasteiger partial charge is 0.00954 e. The van der Waals surface area contributed by atoms with E-state index in [1.807, 2.05) is 11.3 Å². The summed E-state index contributed by atoms with van der Waals surface area (Å²) in [6.45, 7) is 4.58. The fourth-order valence-corrected chi connectivity index (χ4v) is 3.42. The Hall–Kier alpha value is -0.340. The van der Waals surface area contributed by atoms with E-state index in [1.165, 1.54) is 19.3 Å². The first-order valence-corrected chi connectivity index (χ1v) is 6.38. The van der Waals surface area contributed by atoms with E-state index in [4.69, 9.17) is 5.73 Å². The van der Waals surface area contributed by atoms with Crippen molar-refractivity contribution in [2.24, 2.45) is 11.7 Å². The molecule has 78 valence electrons. The topological polar surface area (TPSA) is 26.0 Å². The maximum atomic E-state index is 5.97. The minimum atomic E-state index is 0.410. The average molecular weight is 209 g/mol. The molecule has 1 atom stereocenters. The molecule has 2 rings (SSSR count). The molecule has 0 amide bonds. The van der Waals surface area contributed by atoms with E-state index in [9.17, 15) is 0 Å². The van der Waals surface area contributed by atoms with Crippen LogP contribution in [0.2, 0.25) is 0 Å². The molecule has 2 N–H and O–H groups in total. The van der Waals surface area contributed by atoms with Gasteiger partial charge in [0.1, 0.15) is 0 Å². The third-order valence-electron chi connectivity index (χ3n) is 2.91. The molecular formula is C12H19NS. The van der Waals surface area contributed by atoms with Crippen molar-refractivity contribution in [1.82, 2.24) is 0 Å². The van der Waals surface area contributed by atoms with Crippen LogP contribution in [-0.2, 0) is 19.3 Å². The predicted molar refractivity (Wildman–Crippen MR) is 62.9 cm³/mol. The molecule has 0 bridgehead atoms. The van der Waals surface area contributed by atoms with Gasteiger partial charge in [0.25, 0.3) is 0 Å². The van der Waals surface area contributed by atoms with Gasteiger partial charge in [-0.25, -0.2) is 0 Å². The Morgan fingerprint density at radius 2 is 2.36 bits per heavy atom. The highest BCUT2D eigenvalue weighted by atomic mass is 32.1. The fourth-order valence-electron chi connectivity index (χ4n) is 2.22. The Balaban J connectivity index is 2.20. The maximum Gasteiger partial charge on any atom is 0.00954 e. The molecule has 1 heterocycles. The highest BCUT2D eigenvalue weighted by Gasteiger charge is 2.20. The minimum Gasteiger partial charge on any atom is -0.327 e. The molecule has 0 aliphatic heterocycles. The predicted octanol–water partition coefficient (Wildman–Crippen LogP) is 2.76. The van der Waals surface area contributed by atoms with Crippen LogP contribution in [0.15, 0.2) is 5.38 Å². The molecule has 0 fully saturated rings. The van der Waals surface area contributed by atoms with Gasteiger partial charge < -0.3 is 5.73 Å². The summed E-state index contributed by atoms with van der Waals surface area (Å²) in [5.41, 5.74) is 9.19. The number of nitrogens with two attached hydrogens (primary N) is 1. The molecule has 1 aromatic rings.